The third-order valence-corrected chi connectivity index (χ3v) is 4.17. The van der Waals surface area contributed by atoms with Crippen molar-refractivity contribution in [2.24, 2.45) is 5.92 Å². The van der Waals surface area contributed by atoms with Crippen molar-refractivity contribution in [2.75, 3.05) is 25.0 Å². The minimum Gasteiger partial charge on any atom is -0.406 e. The van der Waals surface area contributed by atoms with E-state index in [1.165, 1.54) is 0 Å². The zero-order valence-electron chi connectivity index (χ0n) is 15.3. The zero-order chi connectivity index (χ0) is 18.0. The maximum Gasteiger partial charge on any atom is 0.596 e. The Balaban J connectivity index is 1.74. The second-order valence-corrected chi connectivity index (χ2v) is 7.49. The van der Waals surface area contributed by atoms with Gasteiger partial charge in [0.05, 0.1) is 12.1 Å². The molecule has 2 aromatic rings. The number of amides is 1. The van der Waals surface area contributed by atoms with Crippen LogP contribution in [0.2, 0.25) is 0 Å². The number of carbonyl (C=O) groups excluding carboxylic acids is 1. The van der Waals surface area contributed by atoms with E-state index in [2.05, 4.69) is 15.0 Å². The van der Waals surface area contributed by atoms with Gasteiger partial charge in [0.15, 0.2) is 11.9 Å². The number of piperidine rings is 1. The predicted octanol–water partition coefficient (Wildman–Crippen LogP) is 2.59. The Kier molecular flexibility index (Phi) is 4.74. The van der Waals surface area contributed by atoms with Crippen LogP contribution in [0.5, 0.6) is 0 Å². The van der Waals surface area contributed by atoms with Gasteiger partial charge in [0.25, 0.3) is 0 Å². The van der Waals surface area contributed by atoms with E-state index in [0.29, 0.717) is 0 Å². The summed E-state index contributed by atoms with van der Waals surface area (Å²) in [7, 11) is 1.76. The highest BCUT2D eigenvalue weighted by atomic mass is 16.6. The van der Waals surface area contributed by atoms with Gasteiger partial charge in [0, 0.05) is 25.4 Å². The molecule has 7 heteroatoms. The largest absolute Gasteiger partial charge is 0.596 e. The lowest BCUT2D eigenvalue weighted by Crippen LogP contribution is -2.39. The molecule has 0 radical (unpaired) electrons. The number of rotatable bonds is 2. The van der Waals surface area contributed by atoms with E-state index in [1.807, 2.05) is 49.8 Å². The van der Waals surface area contributed by atoms with Crippen LogP contribution in [0.15, 0.2) is 24.5 Å². The molecule has 3 heterocycles. The molecule has 1 saturated heterocycles. The van der Waals surface area contributed by atoms with Crippen molar-refractivity contribution in [3.8, 4) is 0 Å². The summed E-state index contributed by atoms with van der Waals surface area (Å²) >= 11 is 0. The van der Waals surface area contributed by atoms with Gasteiger partial charge >= 0.3 is 6.09 Å². The highest BCUT2D eigenvalue weighted by Gasteiger charge is 2.27. The van der Waals surface area contributed by atoms with E-state index in [-0.39, 0.29) is 12.0 Å². The first-order valence-corrected chi connectivity index (χ1v) is 8.68. The first-order chi connectivity index (χ1) is 11.8. The minimum absolute atomic E-state index is 0.282. The Bertz CT molecular complexity index is 790. The molecule has 134 valence electrons. The van der Waals surface area contributed by atoms with Crippen molar-refractivity contribution in [1.82, 2.24) is 14.6 Å². The van der Waals surface area contributed by atoms with Crippen LogP contribution in [-0.4, -0.2) is 57.2 Å². The van der Waals surface area contributed by atoms with Crippen molar-refractivity contribution in [3.63, 3.8) is 0 Å². The number of ether oxygens (including phenoxy) is 1. The van der Waals surface area contributed by atoms with Gasteiger partial charge in [-0.15, -0.1) is 4.58 Å². The minimum atomic E-state index is -0.486. The van der Waals surface area contributed by atoms with Crippen LogP contribution in [-0.2, 0) is 4.74 Å². The lowest BCUT2D eigenvalue weighted by atomic mass is 9.99. The van der Waals surface area contributed by atoms with Gasteiger partial charge in [-0.05, 0) is 39.7 Å². The molecule has 1 unspecified atom stereocenters. The standard InChI is InChI=1S/C18H26N5O2/c1-18(2,3)25-17(24)21(4)12-14-6-5-11-22(13-14)16-8-9-19-15-7-10-20-23(15)16/h7-10,12,14H,5-6,11,13H2,1-4H3/q+1/b21-12-. The second-order valence-electron chi connectivity index (χ2n) is 7.49. The summed E-state index contributed by atoms with van der Waals surface area (Å²) in [6.45, 7) is 7.44. The van der Waals surface area contributed by atoms with Crippen LogP contribution in [0.25, 0.3) is 5.65 Å². The van der Waals surface area contributed by atoms with E-state index in [4.69, 9.17) is 4.74 Å². The highest BCUT2D eigenvalue weighted by molar-refractivity contribution is 5.68. The van der Waals surface area contributed by atoms with Gasteiger partial charge in [-0.25, -0.2) is 4.98 Å². The maximum atomic E-state index is 12.2. The smallest absolute Gasteiger partial charge is 0.406 e. The fourth-order valence-corrected chi connectivity index (χ4v) is 3.11. The first-order valence-electron chi connectivity index (χ1n) is 8.68. The third kappa shape index (κ3) is 4.15. The van der Waals surface area contributed by atoms with E-state index >= 15 is 0 Å². The topological polar surface area (TPSA) is 62.7 Å². The normalized spacial score (nSPS) is 19.3. The van der Waals surface area contributed by atoms with Crippen LogP contribution in [0, 0.1) is 5.92 Å². The monoisotopic (exact) mass is 344 g/mol. The predicted molar refractivity (Wildman–Crippen MR) is 96.4 cm³/mol. The van der Waals surface area contributed by atoms with Crippen molar-refractivity contribution in [2.45, 2.75) is 39.2 Å². The van der Waals surface area contributed by atoms with E-state index in [9.17, 15) is 4.79 Å². The van der Waals surface area contributed by atoms with Gasteiger partial charge in [-0.3, -0.25) is 0 Å². The number of aromatic nitrogens is 3. The summed E-state index contributed by atoms with van der Waals surface area (Å²) in [6.07, 6.45) is 7.35. The molecule has 7 nitrogen and oxygen atoms in total. The van der Waals surface area contributed by atoms with Crippen molar-refractivity contribution in [1.29, 1.82) is 0 Å². The second kappa shape index (κ2) is 6.82. The van der Waals surface area contributed by atoms with Crippen LogP contribution in [0.3, 0.4) is 0 Å². The molecule has 1 atom stereocenters. The molecular weight excluding hydrogens is 318 g/mol. The Morgan fingerprint density at radius 1 is 1.36 bits per heavy atom. The number of carbonyl (C=O) groups is 1. The Morgan fingerprint density at radius 2 is 2.16 bits per heavy atom. The summed E-state index contributed by atoms with van der Waals surface area (Å²) in [6, 6.07) is 3.88. The molecule has 1 amide bonds. The maximum absolute atomic E-state index is 12.2. The Labute approximate surface area is 147 Å². The molecule has 0 spiro atoms. The molecule has 25 heavy (non-hydrogen) atoms. The molecule has 3 rings (SSSR count). The van der Waals surface area contributed by atoms with E-state index in [1.54, 1.807) is 17.8 Å². The molecule has 1 aliphatic rings. The molecule has 0 aromatic carbocycles. The summed E-state index contributed by atoms with van der Waals surface area (Å²) < 4.78 is 8.85. The quantitative estimate of drug-likeness (QED) is 0.619. The number of nitrogens with zero attached hydrogens (tertiary/aromatic N) is 5. The van der Waals surface area contributed by atoms with E-state index < -0.39 is 5.60 Å². The van der Waals surface area contributed by atoms with Crippen molar-refractivity contribution in [3.05, 3.63) is 24.5 Å². The summed E-state index contributed by atoms with van der Waals surface area (Å²) in [5, 5.41) is 4.37. The van der Waals surface area contributed by atoms with Gasteiger partial charge in [-0.1, -0.05) is 0 Å². The number of hydrogen-bond acceptors (Lipinski definition) is 5. The third-order valence-electron chi connectivity index (χ3n) is 4.17. The summed E-state index contributed by atoms with van der Waals surface area (Å²) in [4.78, 5) is 18.8. The van der Waals surface area contributed by atoms with Crippen LogP contribution in [0.4, 0.5) is 10.6 Å². The van der Waals surface area contributed by atoms with E-state index in [0.717, 1.165) is 37.4 Å². The van der Waals surface area contributed by atoms with Crippen molar-refractivity contribution >= 4 is 23.8 Å². The van der Waals surface area contributed by atoms with Gasteiger partial charge < -0.3 is 9.64 Å². The van der Waals surface area contributed by atoms with Gasteiger partial charge in [-0.2, -0.15) is 14.4 Å². The van der Waals surface area contributed by atoms with Gasteiger partial charge in [0.1, 0.15) is 18.5 Å². The molecule has 0 bridgehead atoms. The lowest BCUT2D eigenvalue weighted by molar-refractivity contribution is -0.416. The highest BCUT2D eigenvalue weighted by Crippen LogP contribution is 2.22. The number of fused-ring (bicyclic) bond motifs is 1. The number of anilines is 1. The Hall–Kier alpha value is -2.44. The molecule has 1 fully saturated rings. The lowest BCUT2D eigenvalue weighted by Gasteiger charge is -2.31. The van der Waals surface area contributed by atoms with Crippen LogP contribution < -0.4 is 4.90 Å². The molecule has 1 aliphatic heterocycles. The van der Waals surface area contributed by atoms with Crippen LogP contribution >= 0.6 is 0 Å². The van der Waals surface area contributed by atoms with Crippen molar-refractivity contribution < 1.29 is 14.1 Å². The van der Waals surface area contributed by atoms with Gasteiger partial charge in [0.2, 0.25) is 0 Å². The molecule has 0 N–H and O–H groups in total. The fraction of sp³-hybridized carbons (Fsp3) is 0.556. The SMILES string of the molecule is C/[N+](=C/C1CCCN(c2ccnc3ccnn23)C1)C(=O)OC(C)(C)C. The average molecular weight is 344 g/mol. The summed E-state index contributed by atoms with van der Waals surface area (Å²) in [5.41, 5.74) is 0.357. The fourth-order valence-electron chi connectivity index (χ4n) is 3.11. The first kappa shape index (κ1) is 17.4. The average Bonchev–Trinajstić information content (AvgIpc) is 3.02. The zero-order valence-corrected chi connectivity index (χ0v) is 15.3. The molecule has 0 saturated carbocycles. The number of hydrogen-bond donors (Lipinski definition) is 0. The Morgan fingerprint density at radius 3 is 2.92 bits per heavy atom. The molecule has 2 aromatic heterocycles. The van der Waals surface area contributed by atoms with Crippen LogP contribution in [0.1, 0.15) is 33.6 Å². The molecule has 0 aliphatic carbocycles. The molecular formula is C18H26N5O2+. The summed E-state index contributed by atoms with van der Waals surface area (Å²) in [5.74, 6) is 1.32.